The SMILES string of the molecule is CCNC(=NCC(C)Oc1ccccc1C)NCCCCOCCOC. The highest BCUT2D eigenvalue weighted by Crippen LogP contribution is 2.17. The largest absolute Gasteiger partial charge is 0.489 e. The van der Waals surface area contributed by atoms with Crippen LogP contribution >= 0.6 is 0 Å². The number of nitrogens with one attached hydrogen (secondary N) is 2. The van der Waals surface area contributed by atoms with Gasteiger partial charge >= 0.3 is 0 Å². The number of aliphatic imine (C=N–C) groups is 1. The molecule has 6 nitrogen and oxygen atoms in total. The Bertz CT molecular complexity index is 509. The van der Waals surface area contributed by atoms with Crippen molar-refractivity contribution < 1.29 is 14.2 Å². The first-order chi connectivity index (χ1) is 12.7. The summed E-state index contributed by atoms with van der Waals surface area (Å²) in [5.41, 5.74) is 1.14. The van der Waals surface area contributed by atoms with Crippen LogP contribution in [0.4, 0.5) is 0 Å². The van der Waals surface area contributed by atoms with Gasteiger partial charge in [-0.3, -0.25) is 0 Å². The third-order valence-electron chi connectivity index (χ3n) is 3.71. The van der Waals surface area contributed by atoms with Crippen LogP contribution in [0.5, 0.6) is 5.75 Å². The number of aryl methyl sites for hydroxylation is 1. The van der Waals surface area contributed by atoms with Crippen LogP contribution in [0.3, 0.4) is 0 Å². The lowest BCUT2D eigenvalue weighted by Crippen LogP contribution is -2.38. The molecule has 6 heteroatoms. The number of ether oxygens (including phenoxy) is 3. The van der Waals surface area contributed by atoms with Crippen molar-refractivity contribution in [3.8, 4) is 5.75 Å². The molecular formula is C20H35N3O3. The zero-order valence-electron chi connectivity index (χ0n) is 16.7. The number of unbranched alkanes of at least 4 members (excludes halogenated alkanes) is 1. The number of methoxy groups -OCH3 is 1. The summed E-state index contributed by atoms with van der Waals surface area (Å²) in [7, 11) is 1.68. The van der Waals surface area contributed by atoms with Crippen molar-refractivity contribution in [3.63, 3.8) is 0 Å². The maximum atomic E-state index is 5.97. The highest BCUT2D eigenvalue weighted by molar-refractivity contribution is 5.79. The molecule has 0 heterocycles. The second-order valence-electron chi connectivity index (χ2n) is 6.15. The Kier molecular flexibility index (Phi) is 12.3. The molecule has 0 radical (unpaired) electrons. The minimum Gasteiger partial charge on any atom is -0.489 e. The summed E-state index contributed by atoms with van der Waals surface area (Å²) in [6.07, 6.45) is 2.07. The Hall–Kier alpha value is -1.79. The Labute approximate surface area is 158 Å². The first kappa shape index (κ1) is 22.3. The first-order valence-electron chi connectivity index (χ1n) is 9.48. The lowest BCUT2D eigenvalue weighted by Gasteiger charge is -2.16. The van der Waals surface area contributed by atoms with E-state index in [0.29, 0.717) is 19.8 Å². The normalized spacial score (nSPS) is 12.7. The topological polar surface area (TPSA) is 64.1 Å². The molecule has 1 rings (SSSR count). The third kappa shape index (κ3) is 10.3. The molecule has 1 aromatic carbocycles. The van der Waals surface area contributed by atoms with Crippen LogP contribution in [-0.4, -0.2) is 58.6 Å². The summed E-state index contributed by atoms with van der Waals surface area (Å²) in [4.78, 5) is 4.62. The summed E-state index contributed by atoms with van der Waals surface area (Å²) < 4.78 is 16.4. The van der Waals surface area contributed by atoms with Crippen molar-refractivity contribution >= 4 is 5.96 Å². The highest BCUT2D eigenvalue weighted by atomic mass is 16.5. The summed E-state index contributed by atoms with van der Waals surface area (Å²) in [5.74, 6) is 1.75. The van der Waals surface area contributed by atoms with Gasteiger partial charge in [0.15, 0.2) is 5.96 Å². The second kappa shape index (κ2) is 14.4. The van der Waals surface area contributed by atoms with Gasteiger partial charge in [0.1, 0.15) is 11.9 Å². The van der Waals surface area contributed by atoms with Crippen LogP contribution in [0.2, 0.25) is 0 Å². The van der Waals surface area contributed by atoms with Gasteiger partial charge in [0.2, 0.25) is 0 Å². The molecule has 0 aliphatic carbocycles. The van der Waals surface area contributed by atoms with Gasteiger partial charge in [0.25, 0.3) is 0 Å². The predicted octanol–water partition coefficient (Wildman–Crippen LogP) is 2.76. The van der Waals surface area contributed by atoms with Crippen molar-refractivity contribution in [2.24, 2.45) is 4.99 Å². The number of nitrogens with zero attached hydrogens (tertiary/aromatic N) is 1. The Morgan fingerprint density at radius 3 is 2.65 bits per heavy atom. The Morgan fingerprint density at radius 1 is 1.12 bits per heavy atom. The average Bonchev–Trinajstić information content (AvgIpc) is 2.63. The van der Waals surface area contributed by atoms with E-state index in [1.165, 1.54) is 0 Å². The molecule has 0 spiro atoms. The van der Waals surface area contributed by atoms with Crippen LogP contribution in [0.15, 0.2) is 29.3 Å². The van der Waals surface area contributed by atoms with E-state index in [2.05, 4.69) is 35.5 Å². The monoisotopic (exact) mass is 365 g/mol. The van der Waals surface area contributed by atoms with E-state index in [1.54, 1.807) is 7.11 Å². The van der Waals surface area contributed by atoms with Gasteiger partial charge in [0.05, 0.1) is 19.8 Å². The van der Waals surface area contributed by atoms with Gasteiger partial charge < -0.3 is 24.8 Å². The smallest absolute Gasteiger partial charge is 0.191 e. The minimum absolute atomic E-state index is 0.0146. The molecule has 1 unspecified atom stereocenters. The lowest BCUT2D eigenvalue weighted by molar-refractivity contribution is 0.0689. The molecular weight excluding hydrogens is 330 g/mol. The zero-order valence-corrected chi connectivity index (χ0v) is 16.7. The molecule has 0 aliphatic heterocycles. The van der Waals surface area contributed by atoms with Crippen molar-refractivity contribution in [1.82, 2.24) is 10.6 Å². The number of hydrogen-bond acceptors (Lipinski definition) is 4. The highest BCUT2D eigenvalue weighted by Gasteiger charge is 2.06. The molecule has 0 aliphatic rings. The van der Waals surface area contributed by atoms with E-state index < -0.39 is 0 Å². The van der Waals surface area contributed by atoms with Crippen molar-refractivity contribution in [2.45, 2.75) is 39.7 Å². The number of guanidine groups is 1. The second-order valence-corrected chi connectivity index (χ2v) is 6.15. The number of rotatable bonds is 13. The maximum Gasteiger partial charge on any atom is 0.191 e. The summed E-state index contributed by atoms with van der Waals surface area (Å²) in [6.45, 7) is 10.5. The van der Waals surface area contributed by atoms with E-state index in [1.807, 2.05) is 25.1 Å². The van der Waals surface area contributed by atoms with Gasteiger partial charge in [-0.05, 0) is 45.2 Å². The molecule has 0 saturated heterocycles. The lowest BCUT2D eigenvalue weighted by atomic mass is 10.2. The number of para-hydroxylation sites is 1. The zero-order chi connectivity index (χ0) is 19.0. The van der Waals surface area contributed by atoms with E-state index in [9.17, 15) is 0 Å². The molecule has 2 N–H and O–H groups in total. The van der Waals surface area contributed by atoms with Crippen molar-refractivity contribution in [3.05, 3.63) is 29.8 Å². The van der Waals surface area contributed by atoms with E-state index in [-0.39, 0.29) is 6.10 Å². The van der Waals surface area contributed by atoms with Gasteiger partial charge in [0, 0.05) is 26.8 Å². The van der Waals surface area contributed by atoms with Gasteiger partial charge in [-0.15, -0.1) is 0 Å². The Balaban J connectivity index is 2.28. The molecule has 1 atom stereocenters. The molecule has 0 amide bonds. The van der Waals surface area contributed by atoms with Crippen molar-refractivity contribution in [2.75, 3.05) is 46.6 Å². The fourth-order valence-electron chi connectivity index (χ4n) is 2.28. The first-order valence-corrected chi connectivity index (χ1v) is 9.48. The molecule has 0 bridgehead atoms. The summed E-state index contributed by atoms with van der Waals surface area (Å²) in [5, 5.41) is 6.62. The molecule has 0 fully saturated rings. The summed E-state index contributed by atoms with van der Waals surface area (Å²) >= 11 is 0. The quantitative estimate of drug-likeness (QED) is 0.320. The van der Waals surface area contributed by atoms with Crippen LogP contribution in [0, 0.1) is 6.92 Å². The molecule has 1 aromatic rings. The van der Waals surface area contributed by atoms with Crippen LogP contribution in [0.25, 0.3) is 0 Å². The van der Waals surface area contributed by atoms with Crippen LogP contribution < -0.4 is 15.4 Å². The van der Waals surface area contributed by atoms with E-state index in [0.717, 1.165) is 49.8 Å². The molecule has 26 heavy (non-hydrogen) atoms. The molecule has 0 saturated carbocycles. The fourth-order valence-corrected chi connectivity index (χ4v) is 2.28. The third-order valence-corrected chi connectivity index (χ3v) is 3.71. The van der Waals surface area contributed by atoms with Crippen LogP contribution in [0.1, 0.15) is 32.3 Å². The summed E-state index contributed by atoms with van der Waals surface area (Å²) in [6, 6.07) is 8.05. The minimum atomic E-state index is 0.0146. The predicted molar refractivity (Wildman–Crippen MR) is 107 cm³/mol. The van der Waals surface area contributed by atoms with E-state index >= 15 is 0 Å². The van der Waals surface area contributed by atoms with Crippen molar-refractivity contribution in [1.29, 1.82) is 0 Å². The molecule has 0 aromatic heterocycles. The average molecular weight is 366 g/mol. The van der Waals surface area contributed by atoms with Crippen LogP contribution in [-0.2, 0) is 9.47 Å². The number of hydrogen-bond donors (Lipinski definition) is 2. The standard InChI is InChI=1S/C20H35N3O3/c1-5-21-20(22-12-8-9-13-25-15-14-24-4)23-16-18(3)26-19-11-7-6-10-17(19)2/h6-7,10-11,18H,5,8-9,12-16H2,1-4H3,(H2,21,22,23). The fraction of sp³-hybridized carbons (Fsp3) is 0.650. The van der Waals surface area contributed by atoms with Gasteiger partial charge in [-0.1, -0.05) is 18.2 Å². The maximum absolute atomic E-state index is 5.97. The number of benzene rings is 1. The Morgan fingerprint density at radius 2 is 1.92 bits per heavy atom. The van der Waals surface area contributed by atoms with E-state index in [4.69, 9.17) is 14.2 Å². The van der Waals surface area contributed by atoms with Gasteiger partial charge in [-0.2, -0.15) is 0 Å². The van der Waals surface area contributed by atoms with Gasteiger partial charge in [-0.25, -0.2) is 4.99 Å². The molecule has 148 valence electrons.